The lowest BCUT2D eigenvalue weighted by Gasteiger charge is -2.09. The van der Waals surface area contributed by atoms with Crippen LogP contribution < -0.4 is 4.74 Å². The van der Waals surface area contributed by atoms with Crippen molar-refractivity contribution in [1.29, 1.82) is 0 Å². The molecule has 0 radical (unpaired) electrons. The van der Waals surface area contributed by atoms with Crippen LogP contribution in [-0.2, 0) is 12.8 Å². The first-order valence-electron chi connectivity index (χ1n) is 6.46. The molecule has 21 heavy (non-hydrogen) atoms. The van der Waals surface area contributed by atoms with Gasteiger partial charge in [0.25, 0.3) is 0 Å². The number of ether oxygens (including phenoxy) is 1. The lowest BCUT2D eigenvalue weighted by atomic mass is 10.00. The summed E-state index contributed by atoms with van der Waals surface area (Å²) in [7, 11) is 0. The van der Waals surface area contributed by atoms with Gasteiger partial charge < -0.3 is 4.74 Å². The van der Waals surface area contributed by atoms with Crippen molar-refractivity contribution >= 4 is 17.4 Å². The molecule has 1 heterocycles. The first-order valence-corrected chi connectivity index (χ1v) is 6.84. The molecule has 2 aromatic rings. The standard InChI is InChI=1S/C16H11ClF2O2/c17-12-3-9-1-2-21-16(9)11(4-12)7-15(20)10-5-13(18)8-14(19)6-10/h3-6,8H,1-2,7H2. The third-order valence-electron chi connectivity index (χ3n) is 3.36. The van der Waals surface area contributed by atoms with E-state index in [-0.39, 0.29) is 17.8 Å². The van der Waals surface area contributed by atoms with Gasteiger partial charge in [-0.3, -0.25) is 4.79 Å². The Bertz CT molecular complexity index is 708. The van der Waals surface area contributed by atoms with E-state index in [0.717, 1.165) is 30.2 Å². The summed E-state index contributed by atoms with van der Waals surface area (Å²) in [5.74, 6) is -1.27. The molecule has 1 aliphatic heterocycles. The third kappa shape index (κ3) is 2.90. The summed E-state index contributed by atoms with van der Waals surface area (Å²) in [5, 5.41) is 0.521. The quantitative estimate of drug-likeness (QED) is 0.802. The van der Waals surface area contributed by atoms with E-state index in [1.54, 1.807) is 12.1 Å². The van der Waals surface area contributed by atoms with E-state index in [1.807, 2.05) is 0 Å². The number of carbonyl (C=O) groups is 1. The van der Waals surface area contributed by atoms with Gasteiger partial charge in [-0.25, -0.2) is 8.78 Å². The molecule has 108 valence electrons. The molecule has 0 fully saturated rings. The molecule has 0 aromatic heterocycles. The van der Waals surface area contributed by atoms with Crippen molar-refractivity contribution in [2.45, 2.75) is 12.8 Å². The zero-order chi connectivity index (χ0) is 15.0. The van der Waals surface area contributed by atoms with Gasteiger partial charge in [-0.2, -0.15) is 0 Å². The molecular formula is C16H11ClF2O2. The Labute approximate surface area is 125 Å². The van der Waals surface area contributed by atoms with Gasteiger partial charge in [0.05, 0.1) is 6.61 Å². The van der Waals surface area contributed by atoms with Gasteiger partial charge >= 0.3 is 0 Å². The molecular weight excluding hydrogens is 298 g/mol. The van der Waals surface area contributed by atoms with Crippen molar-refractivity contribution in [1.82, 2.24) is 0 Å². The Morgan fingerprint density at radius 3 is 2.57 bits per heavy atom. The summed E-state index contributed by atoms with van der Waals surface area (Å²) in [5.41, 5.74) is 1.60. The minimum atomic E-state index is -0.772. The van der Waals surface area contributed by atoms with E-state index in [1.165, 1.54) is 0 Å². The number of hydrogen-bond donors (Lipinski definition) is 0. The molecule has 0 amide bonds. The second-order valence-electron chi connectivity index (χ2n) is 4.91. The number of halogens is 3. The van der Waals surface area contributed by atoms with Crippen LogP contribution in [0.5, 0.6) is 5.75 Å². The Balaban J connectivity index is 1.92. The van der Waals surface area contributed by atoms with E-state index in [2.05, 4.69) is 0 Å². The van der Waals surface area contributed by atoms with Crippen molar-refractivity contribution < 1.29 is 18.3 Å². The zero-order valence-corrected chi connectivity index (χ0v) is 11.7. The van der Waals surface area contributed by atoms with Crippen molar-refractivity contribution in [2.75, 3.05) is 6.61 Å². The van der Waals surface area contributed by atoms with Crippen LogP contribution in [0, 0.1) is 11.6 Å². The zero-order valence-electron chi connectivity index (χ0n) is 11.0. The number of fused-ring (bicyclic) bond motifs is 1. The summed E-state index contributed by atoms with van der Waals surface area (Å²) in [6.07, 6.45) is 0.734. The maximum absolute atomic E-state index is 13.2. The topological polar surface area (TPSA) is 26.3 Å². The van der Waals surface area contributed by atoms with Crippen molar-refractivity contribution in [3.8, 4) is 5.75 Å². The fraction of sp³-hybridized carbons (Fsp3) is 0.188. The minimum absolute atomic E-state index is 0.000720. The van der Waals surface area contributed by atoms with Gasteiger partial charge in [-0.1, -0.05) is 11.6 Å². The third-order valence-corrected chi connectivity index (χ3v) is 3.58. The van der Waals surface area contributed by atoms with Gasteiger partial charge in [0.15, 0.2) is 5.78 Å². The monoisotopic (exact) mass is 308 g/mol. The smallest absolute Gasteiger partial charge is 0.167 e. The average molecular weight is 309 g/mol. The van der Waals surface area contributed by atoms with E-state index >= 15 is 0 Å². The fourth-order valence-electron chi connectivity index (χ4n) is 2.47. The van der Waals surface area contributed by atoms with Crippen LogP contribution in [0.15, 0.2) is 30.3 Å². The lowest BCUT2D eigenvalue weighted by Crippen LogP contribution is -2.06. The Kier molecular flexibility index (Phi) is 3.64. The Hall–Kier alpha value is -1.94. The van der Waals surface area contributed by atoms with Gasteiger partial charge in [0.1, 0.15) is 17.4 Å². The number of carbonyl (C=O) groups excluding carboxylic acids is 1. The Morgan fingerprint density at radius 1 is 1.14 bits per heavy atom. The Morgan fingerprint density at radius 2 is 1.86 bits per heavy atom. The summed E-state index contributed by atoms with van der Waals surface area (Å²) in [4.78, 5) is 12.2. The highest BCUT2D eigenvalue weighted by molar-refractivity contribution is 6.30. The van der Waals surface area contributed by atoms with Crippen molar-refractivity contribution in [3.05, 3.63) is 63.7 Å². The molecule has 5 heteroatoms. The number of ketones is 1. The van der Waals surface area contributed by atoms with Crippen LogP contribution in [0.2, 0.25) is 5.02 Å². The highest BCUT2D eigenvalue weighted by Gasteiger charge is 2.20. The first kappa shape index (κ1) is 14.0. The maximum Gasteiger partial charge on any atom is 0.167 e. The van der Waals surface area contributed by atoms with Crippen LogP contribution in [0.4, 0.5) is 8.78 Å². The van der Waals surface area contributed by atoms with Crippen molar-refractivity contribution in [3.63, 3.8) is 0 Å². The van der Waals surface area contributed by atoms with E-state index < -0.39 is 11.6 Å². The van der Waals surface area contributed by atoms with E-state index in [4.69, 9.17) is 16.3 Å². The summed E-state index contributed by atoms with van der Waals surface area (Å²) >= 11 is 6.02. The summed E-state index contributed by atoms with van der Waals surface area (Å²) < 4.78 is 31.9. The van der Waals surface area contributed by atoms with Crippen LogP contribution in [0.1, 0.15) is 21.5 Å². The van der Waals surface area contributed by atoms with Crippen LogP contribution in [0.25, 0.3) is 0 Å². The molecule has 3 rings (SSSR count). The summed E-state index contributed by atoms with van der Waals surface area (Å²) in [6.45, 7) is 0.547. The number of benzene rings is 2. The molecule has 1 aliphatic rings. The largest absolute Gasteiger partial charge is 0.493 e. The van der Waals surface area contributed by atoms with Gasteiger partial charge in [0.2, 0.25) is 0 Å². The molecule has 0 spiro atoms. The summed E-state index contributed by atoms with van der Waals surface area (Å²) in [6, 6.07) is 6.24. The van der Waals surface area contributed by atoms with E-state index in [9.17, 15) is 13.6 Å². The van der Waals surface area contributed by atoms with Crippen molar-refractivity contribution in [2.24, 2.45) is 0 Å². The molecule has 0 bridgehead atoms. The predicted octanol–water partition coefficient (Wildman–Crippen LogP) is 3.98. The molecule has 0 N–H and O–H groups in total. The molecule has 0 unspecified atom stereocenters. The fourth-order valence-corrected chi connectivity index (χ4v) is 2.73. The first-order chi connectivity index (χ1) is 10.0. The highest BCUT2D eigenvalue weighted by atomic mass is 35.5. The van der Waals surface area contributed by atoms with Crippen LogP contribution in [0.3, 0.4) is 0 Å². The van der Waals surface area contributed by atoms with Gasteiger partial charge in [-0.15, -0.1) is 0 Å². The number of hydrogen-bond acceptors (Lipinski definition) is 2. The average Bonchev–Trinajstić information content (AvgIpc) is 2.85. The van der Waals surface area contributed by atoms with Gasteiger partial charge in [0, 0.05) is 35.1 Å². The lowest BCUT2D eigenvalue weighted by molar-refractivity contribution is 0.0991. The number of Topliss-reactive ketones (excluding diaryl/α,β-unsaturated/α-hetero) is 1. The molecule has 0 saturated carbocycles. The second kappa shape index (κ2) is 5.45. The highest BCUT2D eigenvalue weighted by Crippen LogP contribution is 2.33. The van der Waals surface area contributed by atoms with Crippen LogP contribution in [-0.4, -0.2) is 12.4 Å². The molecule has 2 nitrogen and oxygen atoms in total. The minimum Gasteiger partial charge on any atom is -0.493 e. The second-order valence-corrected chi connectivity index (χ2v) is 5.35. The number of rotatable bonds is 3. The SMILES string of the molecule is O=C(Cc1cc(Cl)cc2c1OCC2)c1cc(F)cc(F)c1. The predicted molar refractivity (Wildman–Crippen MR) is 75.0 cm³/mol. The maximum atomic E-state index is 13.2. The van der Waals surface area contributed by atoms with E-state index in [0.29, 0.717) is 22.9 Å². The molecule has 0 saturated heterocycles. The molecule has 2 aromatic carbocycles. The molecule has 0 atom stereocenters. The normalized spacial score (nSPS) is 12.9. The molecule has 0 aliphatic carbocycles. The van der Waals surface area contributed by atoms with Gasteiger partial charge in [-0.05, 0) is 29.8 Å². The van der Waals surface area contributed by atoms with Crippen LogP contribution >= 0.6 is 11.6 Å².